The fraction of sp³-hybridized carbons (Fsp3) is 0.444. The molecule has 1 atom stereocenters. The van der Waals surface area contributed by atoms with Crippen molar-refractivity contribution >= 4 is 16.9 Å². The molecule has 0 saturated carbocycles. The molecule has 0 bridgehead atoms. The van der Waals surface area contributed by atoms with Gasteiger partial charge in [-0.1, -0.05) is 17.7 Å². The van der Waals surface area contributed by atoms with Crippen molar-refractivity contribution in [2.24, 2.45) is 0 Å². The number of allylic oxidation sites excluding steroid dienone is 1. The van der Waals surface area contributed by atoms with E-state index in [1.807, 2.05) is 25.1 Å². The van der Waals surface area contributed by atoms with Crippen LogP contribution in [-0.4, -0.2) is 21.9 Å². The molecular weight excluding hydrogens is 274 g/mol. The minimum atomic E-state index is 0.0783. The van der Waals surface area contributed by atoms with Gasteiger partial charge in [-0.2, -0.15) is 0 Å². The van der Waals surface area contributed by atoms with E-state index < -0.39 is 0 Å². The third kappa shape index (κ3) is 3.38. The summed E-state index contributed by atoms with van der Waals surface area (Å²) in [6.45, 7) is 4.02. The Labute approximate surface area is 131 Å². The van der Waals surface area contributed by atoms with Crippen molar-refractivity contribution in [3.8, 4) is 0 Å². The average Bonchev–Trinajstić information content (AvgIpc) is 2.87. The summed E-state index contributed by atoms with van der Waals surface area (Å²) in [5.41, 5.74) is 4.32. The smallest absolute Gasteiger partial charge is 0.224 e. The fourth-order valence-electron chi connectivity index (χ4n) is 3.12. The number of amides is 1. The Balaban J connectivity index is 1.63. The predicted octanol–water partition coefficient (Wildman–Crippen LogP) is 3.42. The number of hydrogen-bond donors (Lipinski definition) is 2. The Kier molecular flexibility index (Phi) is 4.27. The number of nitrogens with zero attached hydrogens (tertiary/aromatic N) is 1. The van der Waals surface area contributed by atoms with Gasteiger partial charge in [-0.3, -0.25) is 4.79 Å². The van der Waals surface area contributed by atoms with E-state index in [1.165, 1.54) is 18.4 Å². The van der Waals surface area contributed by atoms with Crippen LogP contribution in [0, 0.1) is 6.92 Å². The van der Waals surface area contributed by atoms with Crippen molar-refractivity contribution in [1.29, 1.82) is 0 Å². The molecule has 1 aromatic carbocycles. The van der Waals surface area contributed by atoms with E-state index in [0.29, 0.717) is 6.42 Å². The number of benzene rings is 1. The first-order valence-electron chi connectivity index (χ1n) is 8.05. The molecule has 4 heteroatoms. The molecule has 4 nitrogen and oxygen atoms in total. The van der Waals surface area contributed by atoms with Crippen molar-refractivity contribution in [3.05, 3.63) is 41.2 Å². The van der Waals surface area contributed by atoms with Crippen LogP contribution in [0.25, 0.3) is 11.0 Å². The monoisotopic (exact) mass is 297 g/mol. The highest BCUT2D eigenvalue weighted by Crippen LogP contribution is 2.20. The lowest BCUT2D eigenvalue weighted by Crippen LogP contribution is -2.35. The van der Waals surface area contributed by atoms with Crippen LogP contribution in [0.5, 0.6) is 0 Å². The van der Waals surface area contributed by atoms with Gasteiger partial charge >= 0.3 is 0 Å². The quantitative estimate of drug-likeness (QED) is 0.850. The van der Waals surface area contributed by atoms with Gasteiger partial charge in [-0.25, -0.2) is 4.98 Å². The molecule has 0 aliphatic heterocycles. The summed E-state index contributed by atoms with van der Waals surface area (Å²) in [4.78, 5) is 19.8. The van der Waals surface area contributed by atoms with Gasteiger partial charge in [-0.15, -0.1) is 0 Å². The second kappa shape index (κ2) is 6.34. The molecule has 1 amide bonds. The molecule has 0 unspecified atom stereocenters. The number of aryl methyl sites for hydroxylation is 1. The van der Waals surface area contributed by atoms with E-state index in [2.05, 4.69) is 28.3 Å². The molecule has 1 heterocycles. The summed E-state index contributed by atoms with van der Waals surface area (Å²) >= 11 is 0. The molecule has 1 aromatic heterocycles. The zero-order valence-electron chi connectivity index (χ0n) is 13.3. The van der Waals surface area contributed by atoms with Crippen LogP contribution in [0.1, 0.15) is 44.0 Å². The van der Waals surface area contributed by atoms with E-state index in [-0.39, 0.29) is 11.9 Å². The highest BCUT2D eigenvalue weighted by Gasteiger charge is 2.14. The Morgan fingerprint density at radius 2 is 2.27 bits per heavy atom. The third-order valence-corrected chi connectivity index (χ3v) is 4.29. The summed E-state index contributed by atoms with van der Waals surface area (Å²) in [6, 6.07) is 6.10. The normalized spacial score (nSPS) is 16.4. The number of aromatic amines is 1. The number of imidazole rings is 1. The van der Waals surface area contributed by atoms with Crippen LogP contribution in [0.4, 0.5) is 0 Å². The second-order valence-electron chi connectivity index (χ2n) is 6.16. The van der Waals surface area contributed by atoms with Crippen molar-refractivity contribution in [2.75, 3.05) is 0 Å². The minimum Gasteiger partial charge on any atom is -0.350 e. The number of H-pyrrole nitrogens is 1. The van der Waals surface area contributed by atoms with Crippen LogP contribution in [0.15, 0.2) is 29.8 Å². The number of fused-ring (bicyclic) bond motifs is 1. The first kappa shape index (κ1) is 14.8. The number of rotatable bonds is 4. The molecule has 0 saturated heterocycles. The van der Waals surface area contributed by atoms with E-state index in [4.69, 9.17) is 0 Å². The van der Waals surface area contributed by atoms with Crippen LogP contribution in [-0.2, 0) is 11.2 Å². The highest BCUT2D eigenvalue weighted by molar-refractivity contribution is 5.82. The van der Waals surface area contributed by atoms with Gasteiger partial charge in [0.25, 0.3) is 0 Å². The van der Waals surface area contributed by atoms with Crippen LogP contribution in [0.2, 0.25) is 0 Å². The lowest BCUT2D eigenvalue weighted by Gasteiger charge is -2.20. The number of carbonyl (C=O) groups excluding carboxylic acids is 1. The lowest BCUT2D eigenvalue weighted by molar-refractivity contribution is -0.120. The molecule has 1 aliphatic rings. The lowest BCUT2D eigenvalue weighted by atomic mass is 9.94. The van der Waals surface area contributed by atoms with E-state index in [0.717, 1.165) is 35.3 Å². The van der Waals surface area contributed by atoms with Crippen LogP contribution in [0.3, 0.4) is 0 Å². The molecule has 0 fully saturated rings. The van der Waals surface area contributed by atoms with Crippen LogP contribution >= 0.6 is 0 Å². The maximum absolute atomic E-state index is 12.2. The van der Waals surface area contributed by atoms with Crippen LogP contribution < -0.4 is 5.32 Å². The molecule has 0 radical (unpaired) electrons. The van der Waals surface area contributed by atoms with E-state index >= 15 is 0 Å². The van der Waals surface area contributed by atoms with E-state index in [1.54, 1.807) is 0 Å². The van der Waals surface area contributed by atoms with Crippen molar-refractivity contribution in [3.63, 3.8) is 0 Å². The molecule has 116 valence electrons. The minimum absolute atomic E-state index is 0.0783. The van der Waals surface area contributed by atoms with Gasteiger partial charge in [0.15, 0.2) is 0 Å². The molecule has 22 heavy (non-hydrogen) atoms. The topological polar surface area (TPSA) is 57.8 Å². The van der Waals surface area contributed by atoms with Gasteiger partial charge in [0.2, 0.25) is 5.91 Å². The van der Waals surface area contributed by atoms with Crippen molar-refractivity contribution in [2.45, 2.75) is 52.0 Å². The summed E-state index contributed by atoms with van der Waals surface area (Å²) in [5, 5.41) is 3.12. The SMILES string of the molecule is Cc1nc2ccc(CC(=O)N[C@@H](C)C3=CCCCC3)cc2[nH]1. The van der Waals surface area contributed by atoms with Gasteiger partial charge < -0.3 is 10.3 Å². The number of carbonyl (C=O) groups is 1. The number of hydrogen-bond acceptors (Lipinski definition) is 2. The van der Waals surface area contributed by atoms with Gasteiger partial charge in [0.1, 0.15) is 5.82 Å². The van der Waals surface area contributed by atoms with Crippen molar-refractivity contribution < 1.29 is 4.79 Å². The maximum Gasteiger partial charge on any atom is 0.224 e. The van der Waals surface area contributed by atoms with Crippen molar-refractivity contribution in [1.82, 2.24) is 15.3 Å². The standard InChI is InChI=1S/C18H23N3O/c1-12(15-6-4-3-5-7-15)19-18(22)11-14-8-9-16-17(10-14)21-13(2)20-16/h6,8-10,12H,3-5,7,11H2,1-2H3,(H,19,22)(H,20,21)/t12-/m0/s1. The summed E-state index contributed by atoms with van der Waals surface area (Å²) in [6.07, 6.45) is 7.46. The fourth-order valence-corrected chi connectivity index (χ4v) is 3.12. The average molecular weight is 297 g/mol. The van der Waals surface area contributed by atoms with E-state index in [9.17, 15) is 4.79 Å². The molecule has 0 spiro atoms. The Hall–Kier alpha value is -2.10. The Morgan fingerprint density at radius 3 is 3.05 bits per heavy atom. The predicted molar refractivity (Wildman–Crippen MR) is 88.7 cm³/mol. The first-order chi connectivity index (χ1) is 10.6. The van der Waals surface area contributed by atoms with Gasteiger partial charge in [-0.05, 0) is 57.2 Å². The summed E-state index contributed by atoms with van der Waals surface area (Å²) in [7, 11) is 0. The summed E-state index contributed by atoms with van der Waals surface area (Å²) in [5.74, 6) is 0.976. The molecule has 1 aliphatic carbocycles. The zero-order valence-corrected chi connectivity index (χ0v) is 13.3. The Morgan fingerprint density at radius 1 is 1.41 bits per heavy atom. The zero-order chi connectivity index (χ0) is 15.5. The largest absolute Gasteiger partial charge is 0.350 e. The Bertz CT molecular complexity index is 714. The number of nitrogens with one attached hydrogen (secondary N) is 2. The second-order valence-corrected chi connectivity index (χ2v) is 6.16. The number of aromatic nitrogens is 2. The molecule has 3 rings (SSSR count). The summed E-state index contributed by atoms with van der Waals surface area (Å²) < 4.78 is 0. The van der Waals surface area contributed by atoms with Gasteiger partial charge in [0.05, 0.1) is 17.5 Å². The molecular formula is C18H23N3O. The maximum atomic E-state index is 12.2. The first-order valence-corrected chi connectivity index (χ1v) is 8.05. The highest BCUT2D eigenvalue weighted by atomic mass is 16.1. The molecule has 2 aromatic rings. The van der Waals surface area contributed by atoms with Gasteiger partial charge in [0, 0.05) is 6.04 Å². The molecule has 2 N–H and O–H groups in total. The third-order valence-electron chi connectivity index (χ3n) is 4.29.